The molecule has 0 aliphatic rings. The van der Waals surface area contributed by atoms with E-state index in [1.807, 2.05) is 5.32 Å². The Morgan fingerprint density at radius 3 is 1.27 bits per heavy atom. The summed E-state index contributed by atoms with van der Waals surface area (Å²) in [5, 5.41) is 4.81. The van der Waals surface area contributed by atoms with E-state index in [-0.39, 0.29) is 31.0 Å². The molecular weight excluding hydrogens is 650 g/mol. The number of unbranched alkanes of at least 4 members (excludes halogenated alkanes) is 28. The van der Waals surface area contributed by atoms with E-state index in [0.29, 0.717) is 19.4 Å². The van der Waals surface area contributed by atoms with E-state index < -0.39 is 6.10 Å². The lowest BCUT2D eigenvalue weighted by molar-refractivity contribution is -0.646. The van der Waals surface area contributed by atoms with Crippen molar-refractivity contribution in [1.82, 2.24) is 5.32 Å². The predicted octanol–water partition coefficient (Wildman–Crippen LogP) is 9.28. The van der Waals surface area contributed by atoms with Crippen LogP contribution in [0.5, 0.6) is 0 Å². The Morgan fingerprint density at radius 1 is 0.519 bits per heavy atom. The van der Waals surface area contributed by atoms with E-state index in [4.69, 9.17) is 9.47 Å². The van der Waals surface area contributed by atoms with Crippen molar-refractivity contribution in [3.8, 4) is 0 Å². The number of esters is 2. The van der Waals surface area contributed by atoms with Crippen molar-refractivity contribution in [2.24, 2.45) is 0 Å². The number of rotatable bonds is 42. The molecule has 1 atom stereocenters. The largest absolute Gasteiger partial charge is 0.462 e. The van der Waals surface area contributed by atoms with E-state index in [0.717, 1.165) is 58.0 Å². The van der Waals surface area contributed by atoms with Gasteiger partial charge in [-0.1, -0.05) is 194 Å². The van der Waals surface area contributed by atoms with E-state index in [1.54, 1.807) is 0 Å². The lowest BCUT2D eigenvalue weighted by Gasteiger charge is -2.18. The van der Waals surface area contributed by atoms with Crippen LogP contribution in [0.2, 0.25) is 0 Å². The molecule has 0 radical (unpaired) electrons. The Morgan fingerprint density at radius 2 is 0.885 bits per heavy atom. The van der Waals surface area contributed by atoms with E-state index in [1.165, 1.54) is 154 Å². The summed E-state index contributed by atoms with van der Waals surface area (Å²) in [6, 6.07) is 0. The highest BCUT2D eigenvalue weighted by molar-refractivity contribution is 5.76. The minimum atomic E-state index is -0.669. The molecule has 1 amide bonds. The number of amides is 1. The molecule has 0 fully saturated rings. The average molecular weight is 740 g/mol. The van der Waals surface area contributed by atoms with E-state index >= 15 is 0 Å². The van der Waals surface area contributed by atoms with Gasteiger partial charge in [-0.05, 0) is 12.8 Å². The SMILES string of the molecule is CCCCCCCCCCCCCCCCCC(=O)OCC(CNC(=O)C[NH2+]CCC[NH3+])OC(=O)CCCCCCCCCCCCCCCCC. The Balaban J connectivity index is 4.11. The quantitative estimate of drug-likeness (QED) is 0.0425. The Labute approximate surface area is 322 Å². The molecule has 8 nitrogen and oxygen atoms in total. The average Bonchev–Trinajstić information content (AvgIpc) is 3.14. The maximum Gasteiger partial charge on any atom is 0.306 e. The van der Waals surface area contributed by atoms with Crippen LogP contribution in [0.3, 0.4) is 0 Å². The van der Waals surface area contributed by atoms with Crippen LogP contribution in [0.1, 0.15) is 226 Å². The Hall–Kier alpha value is -1.67. The summed E-state index contributed by atoms with van der Waals surface area (Å²) >= 11 is 0. The molecule has 0 aromatic rings. The first-order valence-electron chi connectivity index (χ1n) is 22.8. The molecule has 0 bridgehead atoms. The highest BCUT2D eigenvalue weighted by Crippen LogP contribution is 2.16. The monoisotopic (exact) mass is 740 g/mol. The van der Waals surface area contributed by atoms with Crippen molar-refractivity contribution < 1.29 is 34.9 Å². The number of quaternary nitrogens is 2. The third-order valence-electron chi connectivity index (χ3n) is 10.2. The first-order chi connectivity index (χ1) is 25.5. The molecular formula is C44H89N3O5+2. The number of carbonyl (C=O) groups is 3. The molecule has 0 heterocycles. The van der Waals surface area contributed by atoms with Gasteiger partial charge in [0, 0.05) is 19.3 Å². The molecule has 0 saturated heterocycles. The first-order valence-corrected chi connectivity index (χ1v) is 22.8. The summed E-state index contributed by atoms with van der Waals surface area (Å²) in [4.78, 5) is 37.5. The third kappa shape index (κ3) is 39.5. The lowest BCUT2D eigenvalue weighted by Crippen LogP contribution is -2.87. The molecule has 0 spiro atoms. The highest BCUT2D eigenvalue weighted by Gasteiger charge is 2.18. The van der Waals surface area contributed by atoms with Crippen LogP contribution in [0.4, 0.5) is 0 Å². The number of hydrogen-bond acceptors (Lipinski definition) is 5. The molecule has 0 rings (SSSR count). The number of carbonyl (C=O) groups excluding carboxylic acids is 3. The maximum atomic E-state index is 12.7. The zero-order valence-electron chi connectivity index (χ0n) is 34.8. The minimum absolute atomic E-state index is 0.0202. The first kappa shape index (κ1) is 50.3. The van der Waals surface area contributed by atoms with Crippen molar-refractivity contribution >= 4 is 17.8 Å². The van der Waals surface area contributed by atoms with Gasteiger partial charge in [-0.25, -0.2) is 0 Å². The molecule has 0 aliphatic heterocycles. The summed E-state index contributed by atoms with van der Waals surface area (Å²) in [5.74, 6) is -0.656. The van der Waals surface area contributed by atoms with Crippen molar-refractivity contribution in [2.45, 2.75) is 232 Å². The van der Waals surface area contributed by atoms with Gasteiger partial charge in [-0.2, -0.15) is 0 Å². The molecule has 8 heteroatoms. The van der Waals surface area contributed by atoms with Gasteiger partial charge in [-0.3, -0.25) is 14.4 Å². The third-order valence-corrected chi connectivity index (χ3v) is 10.2. The van der Waals surface area contributed by atoms with Gasteiger partial charge < -0.3 is 25.8 Å². The molecule has 6 N–H and O–H groups in total. The van der Waals surface area contributed by atoms with Crippen LogP contribution in [-0.4, -0.2) is 56.7 Å². The van der Waals surface area contributed by atoms with Crippen molar-refractivity contribution in [1.29, 1.82) is 0 Å². The fraction of sp³-hybridized carbons (Fsp3) is 0.932. The number of hydrogen-bond donors (Lipinski definition) is 3. The van der Waals surface area contributed by atoms with Crippen molar-refractivity contribution in [3.63, 3.8) is 0 Å². The highest BCUT2D eigenvalue weighted by atomic mass is 16.6. The fourth-order valence-corrected chi connectivity index (χ4v) is 6.74. The van der Waals surface area contributed by atoms with Gasteiger partial charge in [0.1, 0.15) is 6.61 Å². The second kappa shape index (κ2) is 42.1. The second-order valence-corrected chi connectivity index (χ2v) is 15.5. The molecule has 0 aliphatic carbocycles. The van der Waals surface area contributed by atoms with Crippen LogP contribution >= 0.6 is 0 Å². The smallest absolute Gasteiger partial charge is 0.306 e. The molecule has 0 aromatic carbocycles. The topological polar surface area (TPSA) is 126 Å². The summed E-state index contributed by atoms with van der Waals surface area (Å²) in [5.41, 5.74) is 3.83. The molecule has 1 unspecified atom stereocenters. The van der Waals surface area contributed by atoms with Gasteiger partial charge in [0.15, 0.2) is 12.6 Å². The standard InChI is InChI=1S/C44H87N3O5/c1-3-5-7-9-11-13-15-17-19-21-23-25-27-29-31-34-43(49)51-40-41(38-47-42(48)39-46-37-33-36-45)52-44(50)35-32-30-28-26-24-22-20-18-16-14-12-10-8-6-4-2/h41,46H,3-40,45H2,1-2H3,(H,47,48)/p+2. The van der Waals surface area contributed by atoms with Gasteiger partial charge in [0.05, 0.1) is 19.6 Å². The summed E-state index contributed by atoms with van der Waals surface area (Å²) < 4.78 is 11.2. The van der Waals surface area contributed by atoms with Crippen LogP contribution in [0, 0.1) is 0 Å². The van der Waals surface area contributed by atoms with Gasteiger partial charge >= 0.3 is 11.9 Å². The van der Waals surface area contributed by atoms with Crippen molar-refractivity contribution in [2.75, 3.05) is 32.8 Å². The maximum absolute atomic E-state index is 12.7. The fourth-order valence-electron chi connectivity index (χ4n) is 6.74. The van der Waals surface area contributed by atoms with E-state index in [9.17, 15) is 14.4 Å². The van der Waals surface area contributed by atoms with Gasteiger partial charge in [-0.15, -0.1) is 0 Å². The number of nitrogens with one attached hydrogen (secondary N) is 1. The van der Waals surface area contributed by atoms with Crippen LogP contribution in [-0.2, 0) is 23.9 Å². The molecule has 308 valence electrons. The zero-order valence-corrected chi connectivity index (χ0v) is 34.8. The number of nitrogens with two attached hydrogens (primary N) is 1. The van der Waals surface area contributed by atoms with Gasteiger partial charge in [0.25, 0.3) is 5.91 Å². The number of ether oxygens (including phenoxy) is 2. The van der Waals surface area contributed by atoms with Crippen LogP contribution in [0.15, 0.2) is 0 Å². The predicted molar refractivity (Wildman–Crippen MR) is 217 cm³/mol. The normalized spacial score (nSPS) is 11.8. The van der Waals surface area contributed by atoms with Crippen LogP contribution < -0.4 is 16.4 Å². The summed E-state index contributed by atoms with van der Waals surface area (Å²) in [6.07, 6.45) is 39.5. The van der Waals surface area contributed by atoms with Crippen molar-refractivity contribution in [3.05, 3.63) is 0 Å². The Bertz CT molecular complexity index is 781. The molecule has 0 saturated carbocycles. The second-order valence-electron chi connectivity index (χ2n) is 15.5. The van der Waals surface area contributed by atoms with E-state index in [2.05, 4.69) is 24.9 Å². The lowest BCUT2D eigenvalue weighted by atomic mass is 10.0. The zero-order chi connectivity index (χ0) is 38.0. The molecule has 0 aromatic heterocycles. The molecule has 52 heavy (non-hydrogen) atoms. The Kier molecular flexibility index (Phi) is 40.7. The summed E-state index contributed by atoms with van der Waals surface area (Å²) in [6.45, 7) is 6.69. The van der Waals surface area contributed by atoms with Crippen LogP contribution in [0.25, 0.3) is 0 Å². The minimum Gasteiger partial charge on any atom is -0.462 e. The summed E-state index contributed by atoms with van der Waals surface area (Å²) in [7, 11) is 0. The van der Waals surface area contributed by atoms with Gasteiger partial charge in [0.2, 0.25) is 0 Å².